The van der Waals surface area contributed by atoms with E-state index in [1.54, 1.807) is 29.0 Å². The number of ether oxygens (including phenoxy) is 1. The third-order valence-corrected chi connectivity index (χ3v) is 4.48. The summed E-state index contributed by atoms with van der Waals surface area (Å²) in [7, 11) is 1.63. The number of anilines is 1. The third-order valence-electron chi connectivity index (χ3n) is 4.48. The third kappa shape index (κ3) is 3.79. The number of methoxy groups -OCH3 is 1. The van der Waals surface area contributed by atoms with Crippen molar-refractivity contribution < 1.29 is 14.3 Å². The molecule has 1 heterocycles. The van der Waals surface area contributed by atoms with Gasteiger partial charge in [0.15, 0.2) is 0 Å². The van der Waals surface area contributed by atoms with Gasteiger partial charge in [0.2, 0.25) is 0 Å². The summed E-state index contributed by atoms with van der Waals surface area (Å²) < 4.78 is 5.17. The van der Waals surface area contributed by atoms with Gasteiger partial charge in [0, 0.05) is 37.4 Å². The molecule has 0 bridgehead atoms. The molecule has 2 aromatic rings. The molecule has 0 saturated carbocycles. The van der Waals surface area contributed by atoms with Crippen LogP contribution in [0.4, 0.5) is 10.5 Å². The van der Waals surface area contributed by atoms with Gasteiger partial charge >= 0.3 is 6.03 Å². The Morgan fingerprint density at radius 2 is 1.85 bits per heavy atom. The van der Waals surface area contributed by atoms with E-state index in [-0.39, 0.29) is 11.9 Å². The minimum atomic E-state index is -0.0984. The summed E-state index contributed by atoms with van der Waals surface area (Å²) in [5.41, 5.74) is 2.46. The first kappa shape index (κ1) is 17.8. The van der Waals surface area contributed by atoms with E-state index in [2.05, 4.69) is 5.32 Å². The molecule has 1 N–H and O–H groups in total. The van der Waals surface area contributed by atoms with E-state index in [0.717, 1.165) is 17.0 Å². The lowest BCUT2D eigenvalue weighted by atomic mass is 10.1. The summed E-state index contributed by atoms with van der Waals surface area (Å²) >= 11 is 0. The van der Waals surface area contributed by atoms with E-state index in [1.165, 1.54) is 0 Å². The molecule has 2 aromatic carbocycles. The van der Waals surface area contributed by atoms with Crippen molar-refractivity contribution in [1.82, 2.24) is 10.2 Å². The molecule has 0 spiro atoms. The maximum atomic E-state index is 12.8. The summed E-state index contributed by atoms with van der Waals surface area (Å²) in [4.78, 5) is 28.0. The average Bonchev–Trinajstić information content (AvgIpc) is 3.12. The Labute approximate surface area is 153 Å². The van der Waals surface area contributed by atoms with Crippen molar-refractivity contribution in [3.8, 4) is 5.75 Å². The summed E-state index contributed by atoms with van der Waals surface area (Å²) in [6, 6.07) is 14.8. The highest BCUT2D eigenvalue weighted by atomic mass is 16.5. The molecule has 3 rings (SSSR count). The molecular formula is C20H23N3O3. The molecule has 1 aliphatic heterocycles. The van der Waals surface area contributed by atoms with E-state index in [9.17, 15) is 9.59 Å². The average molecular weight is 353 g/mol. The Kier molecular flexibility index (Phi) is 5.41. The number of hydrogen-bond donors (Lipinski definition) is 1. The largest absolute Gasteiger partial charge is 0.497 e. The SMILES string of the molecule is CCN(Cc1ccc(OC)cc1)C(=O)c1ccc(N2CCNC2=O)cc1. The summed E-state index contributed by atoms with van der Waals surface area (Å²) in [6.45, 7) is 4.40. The molecule has 136 valence electrons. The maximum absolute atomic E-state index is 12.8. The molecule has 0 aliphatic carbocycles. The van der Waals surface area contributed by atoms with Gasteiger partial charge in [-0.05, 0) is 48.9 Å². The number of benzene rings is 2. The van der Waals surface area contributed by atoms with Crippen molar-refractivity contribution in [1.29, 1.82) is 0 Å². The molecule has 3 amide bonds. The lowest BCUT2D eigenvalue weighted by Gasteiger charge is -2.22. The molecule has 0 aromatic heterocycles. The molecule has 0 radical (unpaired) electrons. The van der Waals surface area contributed by atoms with Gasteiger partial charge < -0.3 is 15.0 Å². The smallest absolute Gasteiger partial charge is 0.321 e. The number of carbonyl (C=O) groups is 2. The molecular weight excluding hydrogens is 330 g/mol. The number of hydrogen-bond acceptors (Lipinski definition) is 3. The van der Waals surface area contributed by atoms with Crippen LogP contribution in [0.25, 0.3) is 0 Å². The predicted molar refractivity (Wildman–Crippen MR) is 101 cm³/mol. The summed E-state index contributed by atoms with van der Waals surface area (Å²) in [5, 5.41) is 2.77. The van der Waals surface area contributed by atoms with Gasteiger partial charge in [-0.3, -0.25) is 9.69 Å². The zero-order valence-corrected chi connectivity index (χ0v) is 15.1. The normalized spacial score (nSPS) is 13.5. The van der Waals surface area contributed by atoms with Crippen LogP contribution in [-0.4, -0.2) is 43.6 Å². The van der Waals surface area contributed by atoms with Crippen LogP contribution in [-0.2, 0) is 6.54 Å². The Balaban J connectivity index is 1.70. The maximum Gasteiger partial charge on any atom is 0.321 e. The van der Waals surface area contributed by atoms with Gasteiger partial charge in [0.1, 0.15) is 5.75 Å². The van der Waals surface area contributed by atoms with E-state index in [0.29, 0.717) is 31.7 Å². The fourth-order valence-electron chi connectivity index (χ4n) is 2.96. The first-order valence-corrected chi connectivity index (χ1v) is 8.70. The zero-order valence-electron chi connectivity index (χ0n) is 15.1. The first-order valence-electron chi connectivity index (χ1n) is 8.70. The van der Waals surface area contributed by atoms with E-state index >= 15 is 0 Å². The van der Waals surface area contributed by atoms with Crippen LogP contribution in [0.5, 0.6) is 5.75 Å². The highest BCUT2D eigenvalue weighted by molar-refractivity contribution is 5.97. The molecule has 1 aliphatic rings. The number of nitrogens with one attached hydrogen (secondary N) is 1. The van der Waals surface area contributed by atoms with Crippen LogP contribution in [0.15, 0.2) is 48.5 Å². The standard InChI is InChI=1S/C20H23N3O3/c1-3-22(14-15-4-10-18(26-2)11-5-15)19(24)16-6-8-17(9-7-16)23-13-12-21-20(23)25/h4-11H,3,12-14H2,1-2H3,(H,21,25). The zero-order chi connectivity index (χ0) is 18.5. The molecule has 1 fully saturated rings. The monoisotopic (exact) mass is 353 g/mol. The first-order chi connectivity index (χ1) is 12.6. The highest BCUT2D eigenvalue weighted by Crippen LogP contribution is 2.19. The molecule has 6 heteroatoms. The second-order valence-electron chi connectivity index (χ2n) is 6.10. The molecule has 1 saturated heterocycles. The highest BCUT2D eigenvalue weighted by Gasteiger charge is 2.21. The number of nitrogens with zero attached hydrogens (tertiary/aromatic N) is 2. The number of carbonyl (C=O) groups excluding carboxylic acids is 2. The van der Waals surface area contributed by atoms with Crippen LogP contribution >= 0.6 is 0 Å². The Morgan fingerprint density at radius 3 is 2.38 bits per heavy atom. The second kappa shape index (κ2) is 7.91. The Bertz CT molecular complexity index is 772. The van der Waals surface area contributed by atoms with Gasteiger partial charge in [-0.15, -0.1) is 0 Å². The van der Waals surface area contributed by atoms with Gasteiger partial charge in [-0.2, -0.15) is 0 Å². The van der Waals surface area contributed by atoms with Crippen molar-refractivity contribution >= 4 is 17.6 Å². The fraction of sp³-hybridized carbons (Fsp3) is 0.300. The summed E-state index contributed by atoms with van der Waals surface area (Å²) in [5.74, 6) is 0.769. The van der Waals surface area contributed by atoms with Crippen molar-refractivity contribution in [2.45, 2.75) is 13.5 Å². The van der Waals surface area contributed by atoms with Crippen LogP contribution < -0.4 is 15.0 Å². The van der Waals surface area contributed by atoms with Gasteiger partial charge in [0.05, 0.1) is 7.11 Å². The lowest BCUT2D eigenvalue weighted by molar-refractivity contribution is 0.0752. The molecule has 6 nitrogen and oxygen atoms in total. The van der Waals surface area contributed by atoms with E-state index in [1.807, 2.05) is 43.3 Å². The van der Waals surface area contributed by atoms with Crippen molar-refractivity contribution in [3.63, 3.8) is 0 Å². The Hall–Kier alpha value is -3.02. The number of urea groups is 1. The number of amides is 3. The number of rotatable bonds is 6. The van der Waals surface area contributed by atoms with Crippen molar-refractivity contribution in [2.24, 2.45) is 0 Å². The van der Waals surface area contributed by atoms with E-state index < -0.39 is 0 Å². The minimum absolute atomic E-state index is 0.0271. The minimum Gasteiger partial charge on any atom is -0.497 e. The van der Waals surface area contributed by atoms with Crippen LogP contribution in [0.2, 0.25) is 0 Å². The second-order valence-corrected chi connectivity index (χ2v) is 6.10. The Morgan fingerprint density at radius 1 is 1.15 bits per heavy atom. The van der Waals surface area contributed by atoms with Gasteiger partial charge in [-0.1, -0.05) is 12.1 Å². The molecule has 0 atom stereocenters. The predicted octanol–water partition coefficient (Wildman–Crippen LogP) is 2.89. The van der Waals surface area contributed by atoms with Crippen molar-refractivity contribution in [2.75, 3.05) is 31.6 Å². The van der Waals surface area contributed by atoms with E-state index in [4.69, 9.17) is 4.74 Å². The molecule has 0 unspecified atom stereocenters. The quantitative estimate of drug-likeness (QED) is 0.869. The van der Waals surface area contributed by atoms with Gasteiger partial charge in [-0.25, -0.2) is 4.79 Å². The van der Waals surface area contributed by atoms with Crippen molar-refractivity contribution in [3.05, 3.63) is 59.7 Å². The van der Waals surface area contributed by atoms with Gasteiger partial charge in [0.25, 0.3) is 5.91 Å². The molecule has 26 heavy (non-hydrogen) atoms. The van der Waals surface area contributed by atoms with Crippen LogP contribution in [0.3, 0.4) is 0 Å². The van der Waals surface area contributed by atoms with Crippen LogP contribution in [0, 0.1) is 0 Å². The van der Waals surface area contributed by atoms with Crippen LogP contribution in [0.1, 0.15) is 22.8 Å². The fourth-order valence-corrected chi connectivity index (χ4v) is 2.96. The topological polar surface area (TPSA) is 61.9 Å². The lowest BCUT2D eigenvalue weighted by Crippen LogP contribution is -2.30. The summed E-state index contributed by atoms with van der Waals surface area (Å²) in [6.07, 6.45) is 0.